The molecule has 82 valence electrons. The van der Waals surface area contributed by atoms with Crippen molar-refractivity contribution < 1.29 is 5.11 Å². The normalized spacial score (nSPS) is 12.4. The third-order valence-corrected chi connectivity index (χ3v) is 2.73. The van der Waals surface area contributed by atoms with Crippen molar-refractivity contribution in [3.63, 3.8) is 0 Å². The fourth-order valence-electron chi connectivity index (χ4n) is 1.67. The van der Waals surface area contributed by atoms with Crippen LogP contribution in [0.15, 0.2) is 48.8 Å². The zero-order valence-electron chi connectivity index (χ0n) is 9.30. The number of benzene rings is 1. The van der Waals surface area contributed by atoms with Crippen LogP contribution in [-0.2, 0) is 6.42 Å². The number of hydrogen-bond acceptors (Lipinski definition) is 2. The van der Waals surface area contributed by atoms with Crippen LogP contribution in [0, 0.1) is 0 Å². The molecule has 1 atom stereocenters. The minimum atomic E-state index is -0.561. The van der Waals surface area contributed by atoms with E-state index in [0.717, 1.165) is 17.5 Å². The fourth-order valence-corrected chi connectivity index (χ4v) is 1.67. The average molecular weight is 213 g/mol. The summed E-state index contributed by atoms with van der Waals surface area (Å²) in [6.07, 6.45) is 3.85. The minimum Gasteiger partial charge on any atom is -0.384 e. The SMILES string of the molecule is CCc1ccc([C@H](O)c2ccncc2)cc1. The fraction of sp³-hybridized carbons (Fsp3) is 0.214. The topological polar surface area (TPSA) is 33.1 Å². The first-order chi connectivity index (χ1) is 7.81. The Kier molecular flexibility index (Phi) is 3.32. The Morgan fingerprint density at radius 3 is 2.12 bits per heavy atom. The highest BCUT2D eigenvalue weighted by Gasteiger charge is 2.09. The Morgan fingerprint density at radius 2 is 1.56 bits per heavy atom. The summed E-state index contributed by atoms with van der Waals surface area (Å²) in [6.45, 7) is 2.12. The van der Waals surface area contributed by atoms with Crippen molar-refractivity contribution in [2.75, 3.05) is 0 Å². The highest BCUT2D eigenvalue weighted by atomic mass is 16.3. The standard InChI is InChI=1S/C14H15NO/c1-2-11-3-5-12(6-4-11)14(16)13-7-9-15-10-8-13/h3-10,14,16H,2H2,1H3/t14-/m0/s1. The minimum absolute atomic E-state index is 0.561. The summed E-state index contributed by atoms with van der Waals surface area (Å²) in [6, 6.07) is 11.7. The lowest BCUT2D eigenvalue weighted by molar-refractivity contribution is 0.220. The van der Waals surface area contributed by atoms with E-state index in [2.05, 4.69) is 24.0 Å². The molecular formula is C14H15NO. The quantitative estimate of drug-likeness (QED) is 0.850. The molecule has 0 aliphatic rings. The maximum Gasteiger partial charge on any atom is 0.104 e. The number of rotatable bonds is 3. The maximum absolute atomic E-state index is 10.1. The molecular weight excluding hydrogens is 198 g/mol. The summed E-state index contributed by atoms with van der Waals surface area (Å²) in [5.41, 5.74) is 3.08. The van der Waals surface area contributed by atoms with Crippen molar-refractivity contribution >= 4 is 0 Å². The largest absolute Gasteiger partial charge is 0.384 e. The Labute approximate surface area is 95.6 Å². The highest BCUT2D eigenvalue weighted by Crippen LogP contribution is 2.21. The van der Waals surface area contributed by atoms with Gasteiger partial charge < -0.3 is 5.11 Å². The van der Waals surface area contributed by atoms with E-state index in [1.165, 1.54) is 5.56 Å². The summed E-state index contributed by atoms with van der Waals surface area (Å²) in [4.78, 5) is 3.94. The van der Waals surface area contributed by atoms with Gasteiger partial charge in [0.1, 0.15) is 6.10 Å². The number of aliphatic hydroxyl groups excluding tert-OH is 1. The Hall–Kier alpha value is -1.67. The molecule has 0 aliphatic carbocycles. The summed E-state index contributed by atoms with van der Waals surface area (Å²) < 4.78 is 0. The lowest BCUT2D eigenvalue weighted by Crippen LogP contribution is -1.99. The molecule has 2 aromatic rings. The molecule has 16 heavy (non-hydrogen) atoms. The van der Waals surface area contributed by atoms with Gasteiger partial charge in [-0.2, -0.15) is 0 Å². The van der Waals surface area contributed by atoms with E-state index in [-0.39, 0.29) is 0 Å². The molecule has 0 aliphatic heterocycles. The van der Waals surface area contributed by atoms with Gasteiger partial charge in [-0.05, 0) is 35.2 Å². The van der Waals surface area contributed by atoms with Crippen LogP contribution in [0.2, 0.25) is 0 Å². The zero-order chi connectivity index (χ0) is 11.4. The number of aliphatic hydroxyl groups is 1. The third-order valence-electron chi connectivity index (χ3n) is 2.73. The molecule has 0 radical (unpaired) electrons. The molecule has 0 bridgehead atoms. The predicted octanol–water partition coefficient (Wildman–Crippen LogP) is 2.73. The molecule has 1 aromatic heterocycles. The van der Waals surface area contributed by atoms with Crippen molar-refractivity contribution in [1.29, 1.82) is 0 Å². The van der Waals surface area contributed by atoms with Crippen molar-refractivity contribution in [3.8, 4) is 0 Å². The van der Waals surface area contributed by atoms with E-state index in [9.17, 15) is 5.11 Å². The van der Waals surface area contributed by atoms with Crippen LogP contribution in [0.3, 0.4) is 0 Å². The van der Waals surface area contributed by atoms with Crippen LogP contribution in [0.25, 0.3) is 0 Å². The van der Waals surface area contributed by atoms with E-state index in [4.69, 9.17) is 0 Å². The van der Waals surface area contributed by atoms with Gasteiger partial charge in [0.15, 0.2) is 0 Å². The van der Waals surface area contributed by atoms with Gasteiger partial charge >= 0.3 is 0 Å². The summed E-state index contributed by atoms with van der Waals surface area (Å²) in [5.74, 6) is 0. The molecule has 0 saturated heterocycles. The van der Waals surface area contributed by atoms with E-state index in [1.807, 2.05) is 24.3 Å². The van der Waals surface area contributed by atoms with Gasteiger partial charge in [-0.15, -0.1) is 0 Å². The van der Waals surface area contributed by atoms with Gasteiger partial charge in [0.2, 0.25) is 0 Å². The zero-order valence-corrected chi connectivity index (χ0v) is 9.30. The molecule has 0 fully saturated rings. The molecule has 1 aromatic carbocycles. The van der Waals surface area contributed by atoms with E-state index in [0.29, 0.717) is 0 Å². The van der Waals surface area contributed by atoms with Crippen LogP contribution >= 0.6 is 0 Å². The number of pyridine rings is 1. The average Bonchev–Trinajstić information content (AvgIpc) is 2.39. The lowest BCUT2D eigenvalue weighted by atomic mass is 10.0. The van der Waals surface area contributed by atoms with Gasteiger partial charge in [0.25, 0.3) is 0 Å². The Bertz CT molecular complexity index is 436. The first kappa shape index (κ1) is 10.8. The van der Waals surface area contributed by atoms with E-state index in [1.54, 1.807) is 12.4 Å². The second-order valence-electron chi connectivity index (χ2n) is 3.78. The molecule has 0 unspecified atom stereocenters. The molecule has 0 amide bonds. The molecule has 0 saturated carbocycles. The first-order valence-electron chi connectivity index (χ1n) is 5.48. The molecule has 2 nitrogen and oxygen atoms in total. The highest BCUT2D eigenvalue weighted by molar-refractivity contribution is 5.30. The van der Waals surface area contributed by atoms with Gasteiger partial charge in [0, 0.05) is 12.4 Å². The van der Waals surface area contributed by atoms with Crippen LogP contribution in [0.4, 0.5) is 0 Å². The van der Waals surface area contributed by atoms with Crippen LogP contribution in [0.1, 0.15) is 29.7 Å². The molecule has 2 heteroatoms. The Morgan fingerprint density at radius 1 is 1.00 bits per heavy atom. The number of hydrogen-bond donors (Lipinski definition) is 1. The predicted molar refractivity (Wildman–Crippen MR) is 64.1 cm³/mol. The third kappa shape index (κ3) is 2.28. The summed E-state index contributed by atoms with van der Waals surface area (Å²) >= 11 is 0. The van der Waals surface area contributed by atoms with Crippen molar-refractivity contribution in [1.82, 2.24) is 4.98 Å². The van der Waals surface area contributed by atoms with Crippen LogP contribution < -0.4 is 0 Å². The second-order valence-corrected chi connectivity index (χ2v) is 3.78. The van der Waals surface area contributed by atoms with Crippen molar-refractivity contribution in [2.45, 2.75) is 19.4 Å². The second kappa shape index (κ2) is 4.90. The summed E-state index contributed by atoms with van der Waals surface area (Å²) in [5, 5.41) is 10.1. The number of nitrogens with zero attached hydrogens (tertiary/aromatic N) is 1. The van der Waals surface area contributed by atoms with Crippen LogP contribution in [0.5, 0.6) is 0 Å². The lowest BCUT2D eigenvalue weighted by Gasteiger charge is -2.11. The molecule has 1 heterocycles. The van der Waals surface area contributed by atoms with Gasteiger partial charge in [-0.1, -0.05) is 31.2 Å². The van der Waals surface area contributed by atoms with E-state index >= 15 is 0 Å². The Balaban J connectivity index is 2.24. The van der Waals surface area contributed by atoms with Gasteiger partial charge in [-0.3, -0.25) is 4.98 Å². The molecule has 0 spiro atoms. The smallest absolute Gasteiger partial charge is 0.104 e. The van der Waals surface area contributed by atoms with Gasteiger partial charge in [-0.25, -0.2) is 0 Å². The van der Waals surface area contributed by atoms with Gasteiger partial charge in [0.05, 0.1) is 0 Å². The monoisotopic (exact) mass is 213 g/mol. The van der Waals surface area contributed by atoms with Crippen LogP contribution in [-0.4, -0.2) is 10.1 Å². The maximum atomic E-state index is 10.1. The number of aryl methyl sites for hydroxylation is 1. The first-order valence-corrected chi connectivity index (χ1v) is 5.48. The molecule has 1 N–H and O–H groups in total. The van der Waals surface area contributed by atoms with E-state index < -0.39 is 6.10 Å². The molecule has 2 rings (SSSR count). The number of aromatic nitrogens is 1. The summed E-state index contributed by atoms with van der Waals surface area (Å²) in [7, 11) is 0. The van der Waals surface area contributed by atoms with Crippen molar-refractivity contribution in [2.24, 2.45) is 0 Å². The van der Waals surface area contributed by atoms with Crippen molar-refractivity contribution in [3.05, 3.63) is 65.5 Å².